The van der Waals surface area contributed by atoms with Gasteiger partial charge in [-0.05, 0) is 31.2 Å². The zero-order valence-electron chi connectivity index (χ0n) is 14.5. The van der Waals surface area contributed by atoms with Crippen LogP contribution >= 0.6 is 0 Å². The van der Waals surface area contributed by atoms with E-state index in [0.29, 0.717) is 6.20 Å². The Morgan fingerprint density at radius 1 is 1.28 bits per heavy atom. The molecule has 0 bridgehead atoms. The van der Waals surface area contributed by atoms with Gasteiger partial charge in [0.15, 0.2) is 21.1 Å². The predicted molar refractivity (Wildman–Crippen MR) is 89.5 cm³/mol. The van der Waals surface area contributed by atoms with Gasteiger partial charge in [-0.2, -0.15) is 18.4 Å². The molecule has 0 aliphatic heterocycles. The van der Waals surface area contributed by atoms with Crippen LogP contribution in [0.4, 0.5) is 23.5 Å². The van der Waals surface area contributed by atoms with Crippen LogP contribution in [0.3, 0.4) is 0 Å². The maximum atomic E-state index is 12.9. The number of carbonyl (C=O) groups excluding carboxylic acids is 1. The molecule has 0 saturated carbocycles. The van der Waals surface area contributed by atoms with E-state index in [4.69, 9.17) is 5.26 Å². The van der Waals surface area contributed by atoms with Crippen LogP contribution in [0.5, 0.6) is 0 Å². The lowest BCUT2D eigenvalue weighted by molar-refractivity contribution is -0.141. The van der Waals surface area contributed by atoms with Gasteiger partial charge < -0.3 is 5.11 Å². The number of benzene rings is 1. The quantitative estimate of drug-likeness (QED) is 0.542. The number of halogens is 4. The number of aromatic nitrogens is 2. The Morgan fingerprint density at radius 2 is 1.86 bits per heavy atom. The lowest BCUT2D eigenvalue weighted by atomic mass is 10.1. The molecule has 2 N–H and O–H groups in total. The maximum absolute atomic E-state index is 12.9. The van der Waals surface area contributed by atoms with E-state index < -0.39 is 56.3 Å². The number of hydrogen-bond acceptors (Lipinski definition) is 7. The predicted octanol–water partition coefficient (Wildman–Crippen LogP) is 1.67. The molecule has 2 rings (SSSR count). The van der Waals surface area contributed by atoms with Gasteiger partial charge in [0.05, 0.1) is 16.8 Å². The number of anilines is 1. The molecule has 13 heteroatoms. The van der Waals surface area contributed by atoms with Gasteiger partial charge in [-0.3, -0.25) is 10.1 Å². The molecule has 1 amide bonds. The van der Waals surface area contributed by atoms with Crippen molar-refractivity contribution in [2.45, 2.75) is 23.6 Å². The largest absolute Gasteiger partial charge is 0.434 e. The van der Waals surface area contributed by atoms with Crippen LogP contribution < -0.4 is 5.32 Å². The molecule has 0 aliphatic carbocycles. The SMILES string of the molecule is C[C@](O)(CS(=O)(=O)c1ccc(F)cc1)C(=O)Nc1ncc(C#N)c(C(F)(F)F)n1. The molecule has 8 nitrogen and oxygen atoms in total. The second kappa shape index (κ2) is 7.72. The summed E-state index contributed by atoms with van der Waals surface area (Å²) in [5.41, 5.74) is -5.09. The average Bonchev–Trinajstić information content (AvgIpc) is 2.60. The van der Waals surface area contributed by atoms with Crippen molar-refractivity contribution in [3.05, 3.63) is 47.5 Å². The number of nitriles is 1. The third kappa shape index (κ3) is 5.24. The van der Waals surface area contributed by atoms with Gasteiger partial charge in [0, 0.05) is 0 Å². The van der Waals surface area contributed by atoms with Crippen LogP contribution in [-0.2, 0) is 20.8 Å². The fraction of sp³-hybridized carbons (Fsp3) is 0.250. The van der Waals surface area contributed by atoms with Crippen molar-refractivity contribution in [1.82, 2.24) is 9.97 Å². The summed E-state index contributed by atoms with van der Waals surface area (Å²) in [6.07, 6.45) is -4.49. The number of carbonyl (C=O) groups is 1. The number of aliphatic hydroxyl groups is 1. The van der Waals surface area contributed by atoms with E-state index in [9.17, 15) is 35.9 Å². The number of rotatable bonds is 5. The number of amides is 1. The Balaban J connectivity index is 2.25. The third-order valence-corrected chi connectivity index (χ3v) is 5.47. The first-order chi connectivity index (χ1) is 13.3. The molecule has 0 aliphatic rings. The van der Waals surface area contributed by atoms with Crippen LogP contribution in [0.25, 0.3) is 0 Å². The normalized spacial score (nSPS) is 14.0. The van der Waals surface area contributed by atoms with Gasteiger partial charge in [0.2, 0.25) is 5.95 Å². The summed E-state index contributed by atoms with van der Waals surface area (Å²) < 4.78 is 76.3. The summed E-state index contributed by atoms with van der Waals surface area (Å²) in [4.78, 5) is 18.2. The molecule has 2 aromatic rings. The molecule has 1 heterocycles. The molecule has 1 aromatic heterocycles. The fourth-order valence-electron chi connectivity index (χ4n) is 2.14. The highest BCUT2D eigenvalue weighted by molar-refractivity contribution is 7.91. The molecule has 0 saturated heterocycles. The molecule has 1 atom stereocenters. The minimum absolute atomic E-state index is 0.374. The monoisotopic (exact) mass is 432 g/mol. The zero-order valence-corrected chi connectivity index (χ0v) is 15.3. The smallest absolute Gasteiger partial charge is 0.379 e. The lowest BCUT2D eigenvalue weighted by Crippen LogP contribution is -2.46. The molecule has 0 fully saturated rings. The lowest BCUT2D eigenvalue weighted by Gasteiger charge is -2.22. The Morgan fingerprint density at radius 3 is 2.38 bits per heavy atom. The first kappa shape index (κ1) is 22.2. The van der Waals surface area contributed by atoms with Gasteiger partial charge in [-0.25, -0.2) is 22.8 Å². The number of hydrogen-bond donors (Lipinski definition) is 2. The van der Waals surface area contributed by atoms with E-state index in [1.165, 1.54) is 6.07 Å². The van der Waals surface area contributed by atoms with Crippen LogP contribution in [0.2, 0.25) is 0 Å². The standard InChI is InChI=1S/C16H12F4N4O4S/c1-15(26,8-29(27,28)11-4-2-10(17)3-5-11)13(25)24-14-22-7-9(6-21)12(23-14)16(18,19)20/h2-5,7,26H,8H2,1H3,(H,22,23,24,25)/t15-/m0/s1. The second-order valence-corrected chi connectivity index (χ2v) is 8.00. The van der Waals surface area contributed by atoms with Crippen molar-refractivity contribution in [3.63, 3.8) is 0 Å². The molecule has 0 spiro atoms. The third-order valence-electron chi connectivity index (χ3n) is 3.54. The second-order valence-electron chi connectivity index (χ2n) is 6.01. The van der Waals surface area contributed by atoms with Gasteiger partial charge in [0.1, 0.15) is 17.4 Å². The van der Waals surface area contributed by atoms with Crippen LogP contribution in [-0.4, -0.2) is 40.8 Å². The maximum Gasteiger partial charge on any atom is 0.434 e. The fourth-order valence-corrected chi connectivity index (χ4v) is 3.73. The van der Waals surface area contributed by atoms with Crippen molar-refractivity contribution < 1.29 is 35.9 Å². The Hall–Kier alpha value is -3.11. The average molecular weight is 432 g/mol. The van der Waals surface area contributed by atoms with Crippen molar-refractivity contribution >= 4 is 21.7 Å². The van der Waals surface area contributed by atoms with Crippen LogP contribution in [0, 0.1) is 17.1 Å². The van der Waals surface area contributed by atoms with Gasteiger partial charge in [-0.15, -0.1) is 0 Å². The van der Waals surface area contributed by atoms with Crippen molar-refractivity contribution in [2.24, 2.45) is 0 Å². The summed E-state index contributed by atoms with van der Waals surface area (Å²) in [7, 11) is -4.26. The van der Waals surface area contributed by atoms with Crippen molar-refractivity contribution in [2.75, 3.05) is 11.1 Å². The summed E-state index contributed by atoms with van der Waals surface area (Å²) in [5.74, 6) is -4.14. The molecular weight excluding hydrogens is 420 g/mol. The van der Waals surface area contributed by atoms with Gasteiger partial charge in [-0.1, -0.05) is 0 Å². The number of nitrogens with one attached hydrogen (secondary N) is 1. The molecule has 0 unspecified atom stereocenters. The number of sulfone groups is 1. The molecule has 29 heavy (non-hydrogen) atoms. The number of alkyl halides is 3. The molecule has 1 aromatic carbocycles. The molecular formula is C16H12F4N4O4S. The van der Waals surface area contributed by atoms with Crippen LogP contribution in [0.15, 0.2) is 35.4 Å². The first-order valence-electron chi connectivity index (χ1n) is 7.63. The van der Waals surface area contributed by atoms with E-state index in [0.717, 1.165) is 31.2 Å². The first-order valence-corrected chi connectivity index (χ1v) is 9.28. The Labute approximate surface area is 161 Å². The summed E-state index contributed by atoms with van der Waals surface area (Å²) in [6.45, 7) is 0.817. The minimum atomic E-state index is -5.01. The van der Waals surface area contributed by atoms with Gasteiger partial charge >= 0.3 is 6.18 Å². The highest BCUT2D eigenvalue weighted by atomic mass is 32.2. The van der Waals surface area contributed by atoms with E-state index >= 15 is 0 Å². The van der Waals surface area contributed by atoms with Gasteiger partial charge in [0.25, 0.3) is 5.91 Å². The molecule has 0 radical (unpaired) electrons. The van der Waals surface area contributed by atoms with E-state index in [-0.39, 0.29) is 4.90 Å². The van der Waals surface area contributed by atoms with E-state index in [1.54, 1.807) is 5.32 Å². The summed E-state index contributed by atoms with van der Waals surface area (Å²) in [5, 5.41) is 20.7. The van der Waals surface area contributed by atoms with E-state index in [2.05, 4.69) is 9.97 Å². The van der Waals surface area contributed by atoms with Crippen LogP contribution in [0.1, 0.15) is 18.2 Å². The van der Waals surface area contributed by atoms with E-state index in [1.807, 2.05) is 0 Å². The topological polar surface area (TPSA) is 133 Å². The highest BCUT2D eigenvalue weighted by Crippen LogP contribution is 2.30. The summed E-state index contributed by atoms with van der Waals surface area (Å²) in [6, 6.07) is 4.84. The summed E-state index contributed by atoms with van der Waals surface area (Å²) >= 11 is 0. The Bertz CT molecular complexity index is 1080. The van der Waals surface area contributed by atoms with Crippen molar-refractivity contribution in [3.8, 4) is 6.07 Å². The highest BCUT2D eigenvalue weighted by Gasteiger charge is 2.39. The molecule has 154 valence electrons. The minimum Gasteiger partial charge on any atom is -0.379 e. The van der Waals surface area contributed by atoms with Crippen molar-refractivity contribution in [1.29, 1.82) is 5.26 Å². The zero-order chi connectivity index (χ0) is 22.0. The Kier molecular flexibility index (Phi) is 5.91. The number of nitrogens with zero attached hydrogens (tertiary/aromatic N) is 3.